The Hall–Kier alpha value is 0.306. The average molecular weight is 329 g/mol. The van der Waals surface area contributed by atoms with Crippen molar-refractivity contribution in [2.75, 3.05) is 0 Å². The third-order valence-electron chi connectivity index (χ3n) is 0. The molecule has 0 atom stereocenters. The summed E-state index contributed by atoms with van der Waals surface area (Å²) in [5.74, 6) is 0. The van der Waals surface area contributed by atoms with Crippen LogP contribution in [0, 0.1) is 33.3 Å². The van der Waals surface area contributed by atoms with Gasteiger partial charge in [-0.05, 0) is 0 Å². The molecular formula is C5Cl3MnO5Si. The van der Waals surface area contributed by atoms with Gasteiger partial charge in [0.1, 0.15) is 0 Å². The minimum absolute atomic E-state index is 0. The Labute approximate surface area is 113 Å². The number of halogens is 3. The van der Waals surface area contributed by atoms with E-state index in [1.807, 2.05) is 0 Å². The van der Waals surface area contributed by atoms with Crippen LogP contribution in [0.15, 0.2) is 0 Å². The van der Waals surface area contributed by atoms with Crippen molar-refractivity contribution in [1.29, 1.82) is 0 Å². The average Bonchev–Trinajstić information content (AvgIpc) is 2.30. The Morgan fingerprint density at radius 2 is 0.533 bits per heavy atom. The minimum Gasteiger partial charge on any atom is 0 e. The van der Waals surface area contributed by atoms with E-state index in [1.165, 1.54) is 0 Å². The van der Waals surface area contributed by atoms with Crippen molar-refractivity contribution in [2.24, 2.45) is 0 Å². The molecule has 0 heterocycles. The summed E-state index contributed by atoms with van der Waals surface area (Å²) < 4.78 is 37.5. The molecule has 0 rings (SSSR count). The Kier molecular flexibility index (Phi) is 701. The molecule has 0 aromatic rings. The summed E-state index contributed by atoms with van der Waals surface area (Å²) in [5, 5.41) is 0. The summed E-state index contributed by atoms with van der Waals surface area (Å²) in [6.45, 7) is 21.0. The van der Waals surface area contributed by atoms with E-state index in [9.17, 15) is 0 Å². The van der Waals surface area contributed by atoms with E-state index < -0.39 is 6.73 Å². The molecule has 0 fully saturated rings. The van der Waals surface area contributed by atoms with Crippen LogP contribution < -0.4 is 0 Å². The van der Waals surface area contributed by atoms with Crippen LogP contribution in [0.3, 0.4) is 0 Å². The van der Waals surface area contributed by atoms with Crippen molar-refractivity contribution < 1.29 is 40.3 Å². The Morgan fingerprint density at radius 3 is 0.533 bits per heavy atom. The summed E-state index contributed by atoms with van der Waals surface area (Å²) in [6, 6.07) is 0. The molecule has 0 unspecified atom stereocenters. The first kappa shape index (κ1) is 45.4. The van der Waals surface area contributed by atoms with E-state index in [1.54, 1.807) is 0 Å². The second-order valence-corrected chi connectivity index (χ2v) is 5.79. The van der Waals surface area contributed by atoms with Gasteiger partial charge in [-0.15, -0.1) is 33.2 Å². The molecule has 15 heavy (non-hydrogen) atoms. The first-order valence-electron chi connectivity index (χ1n) is 1.59. The third kappa shape index (κ3) is 23100. The summed E-state index contributed by atoms with van der Waals surface area (Å²) >= 11 is 14.7. The van der Waals surface area contributed by atoms with Crippen LogP contribution in [0.25, 0.3) is 0 Å². The van der Waals surface area contributed by atoms with Crippen LogP contribution >= 0.6 is 33.2 Å². The predicted octanol–water partition coefficient (Wildman–Crippen LogP) is 1.50. The maximum atomic E-state index is 7.50. The van der Waals surface area contributed by atoms with Crippen molar-refractivity contribution in [3.8, 4) is 0 Å². The smallest absolute Gasteiger partial charge is 0 e. The zero-order chi connectivity index (χ0) is 13.6. The van der Waals surface area contributed by atoms with Crippen LogP contribution in [0.2, 0.25) is 0 Å². The normalized spacial score (nSPS) is 3.07. The second kappa shape index (κ2) is 232. The van der Waals surface area contributed by atoms with Gasteiger partial charge in [0.15, 0.2) is 0 Å². The molecule has 0 saturated carbocycles. The van der Waals surface area contributed by atoms with Crippen LogP contribution in [0.1, 0.15) is 0 Å². The SMILES string of the molecule is Cl[Si](Cl)Cl.[C-]#[O+].[C-]#[O+].[C-]#[O+].[C-]#[O+].[C-]#[O+].[Mn]. The minimum atomic E-state index is -1.46. The fourth-order valence-electron chi connectivity index (χ4n) is 0. The van der Waals surface area contributed by atoms with Gasteiger partial charge in [-0.2, -0.15) is 0 Å². The molecule has 0 N–H and O–H groups in total. The first-order chi connectivity index (χ1) is 6.73. The van der Waals surface area contributed by atoms with E-state index in [0.29, 0.717) is 0 Å². The van der Waals surface area contributed by atoms with Crippen molar-refractivity contribution in [2.45, 2.75) is 0 Å². The van der Waals surface area contributed by atoms with Crippen molar-refractivity contribution in [1.82, 2.24) is 0 Å². The van der Waals surface area contributed by atoms with Crippen LogP contribution in [-0.4, -0.2) is 6.73 Å². The quantitative estimate of drug-likeness (QED) is 0.278. The molecule has 0 aliphatic rings. The standard InChI is InChI=1S/5CO.Cl3Si.Mn/c5*1-2;1-4(2)3;. The Morgan fingerprint density at radius 1 is 0.533 bits per heavy atom. The van der Waals surface area contributed by atoms with Gasteiger partial charge in [0.2, 0.25) is 0 Å². The molecule has 0 aliphatic carbocycles. The summed E-state index contributed by atoms with van der Waals surface area (Å²) in [7, 11) is 0. The zero-order valence-corrected chi connectivity index (χ0v) is 11.0. The van der Waals surface area contributed by atoms with E-state index in [0.717, 1.165) is 0 Å². The Balaban J connectivity index is -0.0000000105. The molecule has 0 aromatic heterocycles. The molecular weight excluding hydrogens is 329 g/mol. The summed E-state index contributed by atoms with van der Waals surface area (Å²) in [4.78, 5) is 0. The van der Waals surface area contributed by atoms with Crippen LogP contribution in [0.5, 0.6) is 0 Å². The molecule has 0 bridgehead atoms. The van der Waals surface area contributed by atoms with Gasteiger partial charge in [0.25, 0.3) is 0 Å². The first-order valence-corrected chi connectivity index (χ1v) is 6.12. The fourth-order valence-corrected chi connectivity index (χ4v) is 0. The molecule has 5 nitrogen and oxygen atoms in total. The van der Waals surface area contributed by atoms with Gasteiger partial charge in [-0.3, -0.25) is 0 Å². The molecule has 0 saturated heterocycles. The van der Waals surface area contributed by atoms with Crippen molar-refractivity contribution in [3.63, 3.8) is 0 Å². The van der Waals surface area contributed by atoms with Crippen molar-refractivity contribution >= 4 is 40.0 Å². The topological polar surface area (TPSA) is 99.5 Å². The molecule has 10 heteroatoms. The van der Waals surface area contributed by atoms with E-state index >= 15 is 0 Å². The fraction of sp³-hybridized carbons (Fsp3) is 0. The molecule has 82 valence electrons. The van der Waals surface area contributed by atoms with Crippen LogP contribution in [-0.2, 0) is 40.3 Å². The van der Waals surface area contributed by atoms with Gasteiger partial charge in [-0.25, -0.2) is 0 Å². The molecule has 2 radical (unpaired) electrons. The zero-order valence-electron chi connectivity index (χ0n) is 6.55. The molecule has 0 aromatic carbocycles. The molecule has 0 spiro atoms. The van der Waals surface area contributed by atoms with E-state index in [-0.39, 0.29) is 17.1 Å². The summed E-state index contributed by atoms with van der Waals surface area (Å²) in [5.41, 5.74) is 0. The summed E-state index contributed by atoms with van der Waals surface area (Å²) in [6.07, 6.45) is 0. The van der Waals surface area contributed by atoms with Gasteiger partial charge in [0.05, 0.1) is 0 Å². The maximum Gasteiger partial charge on any atom is 0 e. The van der Waals surface area contributed by atoms with E-state index in [2.05, 4.69) is 33.3 Å². The molecule has 0 amide bonds. The number of rotatable bonds is 0. The van der Waals surface area contributed by atoms with Gasteiger partial charge in [-0.1, -0.05) is 0 Å². The van der Waals surface area contributed by atoms with Gasteiger partial charge < -0.3 is 0 Å². The second-order valence-electron chi connectivity index (χ2n) is 0.214. The van der Waals surface area contributed by atoms with Gasteiger partial charge in [0, 0.05) is 17.1 Å². The number of hydrogen-bond donors (Lipinski definition) is 0. The number of hydrogen-bond acceptors (Lipinski definition) is 0. The van der Waals surface area contributed by atoms with Crippen molar-refractivity contribution in [3.05, 3.63) is 33.3 Å². The predicted molar refractivity (Wildman–Crippen MR) is 43.0 cm³/mol. The monoisotopic (exact) mass is 328 g/mol. The Bertz CT molecular complexity index is 117. The third-order valence-corrected chi connectivity index (χ3v) is 0. The van der Waals surface area contributed by atoms with Crippen LogP contribution in [0.4, 0.5) is 0 Å². The van der Waals surface area contributed by atoms with E-state index in [4.69, 9.17) is 56.5 Å². The molecule has 0 aliphatic heterocycles. The van der Waals surface area contributed by atoms with Gasteiger partial charge >= 0.3 is 63.2 Å². The maximum absolute atomic E-state index is 7.50. The largest absolute Gasteiger partial charge is 0 e.